The van der Waals surface area contributed by atoms with E-state index in [1.54, 1.807) is 11.9 Å². The van der Waals surface area contributed by atoms with Crippen LogP contribution in [0.4, 0.5) is 4.79 Å². The Morgan fingerprint density at radius 2 is 2.10 bits per heavy atom. The lowest BCUT2D eigenvalue weighted by molar-refractivity contribution is -0.146. The first-order valence-electron chi connectivity index (χ1n) is 7.37. The number of rotatable bonds is 6. The third kappa shape index (κ3) is 3.62. The summed E-state index contributed by atoms with van der Waals surface area (Å²) in [6.07, 6.45) is 3.83. The smallest absolute Gasteiger partial charge is 0.332 e. The zero-order valence-corrected chi connectivity index (χ0v) is 11.9. The van der Waals surface area contributed by atoms with Crippen molar-refractivity contribution in [2.24, 2.45) is 17.8 Å². The van der Waals surface area contributed by atoms with Crippen LogP contribution in [0.2, 0.25) is 0 Å². The van der Waals surface area contributed by atoms with Crippen LogP contribution in [0, 0.1) is 17.8 Å². The summed E-state index contributed by atoms with van der Waals surface area (Å²) in [7, 11) is 1.77. The highest BCUT2D eigenvalue weighted by Gasteiger charge is 2.40. The van der Waals surface area contributed by atoms with Gasteiger partial charge < -0.3 is 20.4 Å². The van der Waals surface area contributed by atoms with Gasteiger partial charge in [0.2, 0.25) is 0 Å². The van der Waals surface area contributed by atoms with Gasteiger partial charge in [-0.25, -0.2) is 9.59 Å². The average molecular weight is 284 g/mol. The van der Waals surface area contributed by atoms with Crippen molar-refractivity contribution in [1.82, 2.24) is 10.2 Å². The van der Waals surface area contributed by atoms with Gasteiger partial charge in [0.25, 0.3) is 0 Å². The third-order valence-corrected chi connectivity index (χ3v) is 4.72. The quantitative estimate of drug-likeness (QED) is 0.676. The van der Waals surface area contributed by atoms with Crippen LogP contribution in [0.5, 0.6) is 0 Å². The largest absolute Gasteiger partial charge is 0.479 e. The van der Waals surface area contributed by atoms with Crippen molar-refractivity contribution < 1.29 is 19.8 Å². The van der Waals surface area contributed by atoms with Crippen molar-refractivity contribution in [2.75, 3.05) is 20.1 Å². The maximum Gasteiger partial charge on any atom is 0.332 e. The van der Waals surface area contributed by atoms with Gasteiger partial charge in [-0.15, -0.1) is 0 Å². The van der Waals surface area contributed by atoms with E-state index < -0.39 is 12.1 Å². The molecule has 3 unspecified atom stereocenters. The number of aliphatic hydroxyl groups excluding tert-OH is 1. The van der Waals surface area contributed by atoms with Crippen molar-refractivity contribution in [3.8, 4) is 0 Å². The molecule has 4 atom stereocenters. The maximum absolute atomic E-state index is 11.9. The highest BCUT2D eigenvalue weighted by molar-refractivity contribution is 5.74. The first-order chi connectivity index (χ1) is 9.47. The van der Waals surface area contributed by atoms with E-state index >= 15 is 0 Å². The highest BCUT2D eigenvalue weighted by atomic mass is 16.4. The minimum Gasteiger partial charge on any atom is -0.479 e. The zero-order chi connectivity index (χ0) is 14.7. The summed E-state index contributed by atoms with van der Waals surface area (Å²) in [5.74, 6) is 1.01. The Labute approximate surface area is 119 Å². The molecule has 2 amide bonds. The van der Waals surface area contributed by atoms with Crippen LogP contribution in [0.25, 0.3) is 0 Å². The number of urea groups is 1. The molecule has 0 heterocycles. The van der Waals surface area contributed by atoms with Gasteiger partial charge in [-0.05, 0) is 37.0 Å². The van der Waals surface area contributed by atoms with E-state index in [1.165, 1.54) is 25.7 Å². The first kappa shape index (κ1) is 15.1. The van der Waals surface area contributed by atoms with E-state index in [1.807, 2.05) is 0 Å². The van der Waals surface area contributed by atoms with Gasteiger partial charge in [0.05, 0.1) is 0 Å². The van der Waals surface area contributed by atoms with Crippen molar-refractivity contribution in [1.29, 1.82) is 0 Å². The molecule has 6 heteroatoms. The Morgan fingerprint density at radius 1 is 1.35 bits per heavy atom. The second-order valence-corrected chi connectivity index (χ2v) is 6.19. The second kappa shape index (κ2) is 6.43. The Balaban J connectivity index is 1.66. The standard InChI is InChI=1S/C14H24N2O4/c1-16(8-11-7-9-2-3-10(11)6-9)14(20)15-5-4-12(17)13(18)19/h9-12,17H,2-8H2,1H3,(H,15,20)(H,18,19)/t9?,10?,11?,12-/m0/s1. The van der Waals surface area contributed by atoms with Crippen molar-refractivity contribution in [3.05, 3.63) is 0 Å². The molecular weight excluding hydrogens is 260 g/mol. The molecule has 20 heavy (non-hydrogen) atoms. The summed E-state index contributed by atoms with van der Waals surface area (Å²) in [6.45, 7) is 0.946. The highest BCUT2D eigenvalue weighted by Crippen LogP contribution is 2.48. The number of nitrogens with zero attached hydrogens (tertiary/aromatic N) is 1. The van der Waals surface area contributed by atoms with Crippen molar-refractivity contribution >= 4 is 12.0 Å². The van der Waals surface area contributed by atoms with E-state index in [0.29, 0.717) is 5.92 Å². The van der Waals surface area contributed by atoms with Crippen LogP contribution < -0.4 is 5.32 Å². The summed E-state index contributed by atoms with van der Waals surface area (Å²) in [6, 6.07) is -0.189. The number of carboxylic acid groups (broad SMARTS) is 1. The van der Waals surface area contributed by atoms with Gasteiger partial charge in [0.15, 0.2) is 6.10 Å². The number of carboxylic acids is 1. The number of fused-ring (bicyclic) bond motifs is 2. The van der Waals surface area contributed by atoms with Gasteiger partial charge in [-0.3, -0.25) is 0 Å². The molecule has 2 aliphatic carbocycles. The molecule has 0 saturated heterocycles. The van der Waals surface area contributed by atoms with E-state index in [9.17, 15) is 9.59 Å². The van der Waals surface area contributed by atoms with E-state index in [-0.39, 0.29) is 19.0 Å². The number of aliphatic hydroxyl groups is 1. The Kier molecular flexibility index (Phi) is 4.86. The molecule has 0 radical (unpaired) electrons. The van der Waals surface area contributed by atoms with Crippen LogP contribution >= 0.6 is 0 Å². The van der Waals surface area contributed by atoms with E-state index in [0.717, 1.165) is 18.4 Å². The second-order valence-electron chi connectivity index (χ2n) is 6.19. The molecule has 2 aliphatic rings. The molecule has 114 valence electrons. The molecular formula is C14H24N2O4. The fourth-order valence-electron chi connectivity index (χ4n) is 3.61. The molecule has 0 aromatic rings. The molecule has 0 aromatic heterocycles. The summed E-state index contributed by atoms with van der Waals surface area (Å²) >= 11 is 0. The summed E-state index contributed by atoms with van der Waals surface area (Å²) < 4.78 is 0. The van der Waals surface area contributed by atoms with Gasteiger partial charge in [-0.2, -0.15) is 0 Å². The van der Waals surface area contributed by atoms with Crippen LogP contribution in [-0.4, -0.2) is 53.4 Å². The fraction of sp³-hybridized carbons (Fsp3) is 0.857. The van der Waals surface area contributed by atoms with E-state index in [2.05, 4.69) is 5.32 Å². The molecule has 0 spiro atoms. The molecule has 2 rings (SSSR count). The minimum atomic E-state index is -1.41. The van der Waals surface area contributed by atoms with Gasteiger partial charge in [0, 0.05) is 26.6 Å². The van der Waals surface area contributed by atoms with Gasteiger partial charge >= 0.3 is 12.0 Å². The number of hydrogen-bond donors (Lipinski definition) is 3. The normalized spacial score (nSPS) is 29.2. The number of carbonyl (C=O) groups excluding carboxylic acids is 1. The molecule has 3 N–H and O–H groups in total. The lowest BCUT2D eigenvalue weighted by Crippen LogP contribution is -2.42. The molecule has 2 bridgehead atoms. The lowest BCUT2D eigenvalue weighted by atomic mass is 9.88. The predicted molar refractivity (Wildman–Crippen MR) is 73.2 cm³/mol. The topological polar surface area (TPSA) is 89.9 Å². The minimum absolute atomic E-state index is 0.0308. The summed E-state index contributed by atoms with van der Waals surface area (Å²) in [4.78, 5) is 24.0. The molecule has 2 saturated carbocycles. The molecule has 0 aromatic carbocycles. The number of hydrogen-bond acceptors (Lipinski definition) is 3. The monoisotopic (exact) mass is 284 g/mol. The molecule has 2 fully saturated rings. The first-order valence-corrected chi connectivity index (χ1v) is 7.37. The zero-order valence-electron chi connectivity index (χ0n) is 11.9. The number of nitrogens with one attached hydrogen (secondary N) is 1. The van der Waals surface area contributed by atoms with Crippen LogP contribution in [0.3, 0.4) is 0 Å². The van der Waals surface area contributed by atoms with Gasteiger partial charge in [-0.1, -0.05) is 6.42 Å². The van der Waals surface area contributed by atoms with Crippen molar-refractivity contribution in [2.45, 2.75) is 38.2 Å². The Morgan fingerprint density at radius 3 is 2.65 bits per heavy atom. The fourth-order valence-corrected chi connectivity index (χ4v) is 3.61. The molecule has 0 aliphatic heterocycles. The number of amides is 2. The summed E-state index contributed by atoms with van der Waals surface area (Å²) in [5, 5.41) is 20.3. The molecule has 6 nitrogen and oxygen atoms in total. The van der Waals surface area contributed by atoms with Crippen LogP contribution in [0.15, 0.2) is 0 Å². The van der Waals surface area contributed by atoms with Gasteiger partial charge in [0.1, 0.15) is 0 Å². The third-order valence-electron chi connectivity index (χ3n) is 4.72. The predicted octanol–water partition coefficient (Wildman–Crippen LogP) is 0.900. The van der Waals surface area contributed by atoms with Crippen molar-refractivity contribution in [3.63, 3.8) is 0 Å². The Hall–Kier alpha value is -1.30. The summed E-state index contributed by atoms with van der Waals surface area (Å²) in [5.41, 5.74) is 0. The lowest BCUT2D eigenvalue weighted by Gasteiger charge is -2.27. The SMILES string of the molecule is CN(CC1CC2CCC1C2)C(=O)NCC[C@H](O)C(=O)O. The number of aliphatic carboxylic acids is 1. The van der Waals surface area contributed by atoms with Crippen LogP contribution in [-0.2, 0) is 4.79 Å². The Bertz CT molecular complexity index is 374. The average Bonchev–Trinajstić information content (AvgIpc) is 3.00. The number of carbonyl (C=O) groups is 2. The van der Waals surface area contributed by atoms with E-state index in [4.69, 9.17) is 10.2 Å². The van der Waals surface area contributed by atoms with Crippen LogP contribution in [0.1, 0.15) is 32.1 Å². The maximum atomic E-state index is 11.9.